The molecular formula is C20H22N2O4. The van der Waals surface area contributed by atoms with Crippen molar-refractivity contribution in [1.29, 1.82) is 0 Å². The van der Waals surface area contributed by atoms with Gasteiger partial charge >= 0.3 is 0 Å². The highest BCUT2D eigenvalue weighted by atomic mass is 16.7. The van der Waals surface area contributed by atoms with Crippen LogP contribution in [0.2, 0.25) is 0 Å². The molecule has 0 radical (unpaired) electrons. The molecule has 5 rings (SSSR count). The number of ether oxygens (including phenoxy) is 2. The summed E-state index contributed by atoms with van der Waals surface area (Å²) in [4.78, 5) is 15.1. The van der Waals surface area contributed by atoms with Gasteiger partial charge in [0.05, 0.1) is 24.3 Å². The highest BCUT2D eigenvalue weighted by Gasteiger charge is 2.56. The lowest BCUT2D eigenvalue weighted by Crippen LogP contribution is -2.50. The van der Waals surface area contributed by atoms with E-state index in [0.29, 0.717) is 32.1 Å². The van der Waals surface area contributed by atoms with Crippen LogP contribution in [0.1, 0.15) is 31.4 Å². The largest absolute Gasteiger partial charge is 0.356 e. The van der Waals surface area contributed by atoms with Crippen molar-refractivity contribution in [2.45, 2.75) is 36.9 Å². The molecular weight excluding hydrogens is 332 g/mol. The molecule has 1 spiro atoms. The maximum absolute atomic E-state index is 13.2. The molecule has 2 aromatic rings. The summed E-state index contributed by atoms with van der Waals surface area (Å²) in [5.41, 5.74) is 1.23. The molecule has 0 atom stereocenters. The zero-order valence-corrected chi connectivity index (χ0v) is 14.6. The predicted molar refractivity (Wildman–Crippen MR) is 93.3 cm³/mol. The van der Waals surface area contributed by atoms with E-state index < -0.39 is 11.2 Å². The van der Waals surface area contributed by atoms with Crippen molar-refractivity contribution >= 4 is 5.91 Å². The summed E-state index contributed by atoms with van der Waals surface area (Å²) in [6.45, 7) is 2.64. The molecule has 0 N–H and O–H groups in total. The molecule has 1 amide bonds. The number of benzene rings is 1. The molecule has 2 aliphatic heterocycles. The van der Waals surface area contributed by atoms with Gasteiger partial charge in [-0.25, -0.2) is 0 Å². The monoisotopic (exact) mass is 354 g/mol. The molecule has 136 valence electrons. The zero-order valence-electron chi connectivity index (χ0n) is 14.6. The number of likely N-dealkylation sites (tertiary alicyclic amines) is 1. The van der Waals surface area contributed by atoms with E-state index >= 15 is 0 Å². The van der Waals surface area contributed by atoms with Crippen molar-refractivity contribution < 1.29 is 18.8 Å². The fourth-order valence-electron chi connectivity index (χ4n) is 4.08. The van der Waals surface area contributed by atoms with Crippen LogP contribution in [-0.2, 0) is 19.7 Å². The Kier molecular flexibility index (Phi) is 3.65. The van der Waals surface area contributed by atoms with Gasteiger partial charge in [0, 0.05) is 37.6 Å². The van der Waals surface area contributed by atoms with Crippen LogP contribution in [0.25, 0.3) is 11.3 Å². The lowest BCUT2D eigenvalue weighted by Gasteiger charge is -2.38. The topological polar surface area (TPSA) is 64.8 Å². The van der Waals surface area contributed by atoms with Gasteiger partial charge in [-0.15, -0.1) is 0 Å². The predicted octanol–water partition coefficient (Wildman–Crippen LogP) is 2.74. The van der Waals surface area contributed by atoms with Gasteiger partial charge in [0.1, 0.15) is 0 Å². The Morgan fingerprint density at radius 1 is 1.00 bits per heavy atom. The molecule has 0 bridgehead atoms. The standard InChI is InChI=1S/C20H22N2O4/c23-18(22-10-8-20(9-11-22)24-12-13-25-20)19(6-7-19)17-14-16(26-21-17)15-4-2-1-3-5-15/h1-5,14H,6-13H2. The second-order valence-electron chi connectivity index (χ2n) is 7.42. The Labute approximate surface area is 152 Å². The van der Waals surface area contributed by atoms with Crippen LogP contribution in [0.4, 0.5) is 0 Å². The SMILES string of the molecule is O=C(N1CCC2(CC1)OCCO2)C1(c2cc(-c3ccccc3)on2)CC1. The molecule has 1 aromatic carbocycles. The number of rotatable bonds is 3. The van der Waals surface area contributed by atoms with Crippen LogP contribution >= 0.6 is 0 Å². The van der Waals surface area contributed by atoms with Crippen molar-refractivity contribution in [3.63, 3.8) is 0 Å². The maximum atomic E-state index is 13.2. The fraction of sp³-hybridized carbons (Fsp3) is 0.500. The van der Waals surface area contributed by atoms with E-state index in [-0.39, 0.29) is 5.91 Å². The Morgan fingerprint density at radius 2 is 1.69 bits per heavy atom. The van der Waals surface area contributed by atoms with E-state index in [9.17, 15) is 4.79 Å². The van der Waals surface area contributed by atoms with Crippen molar-refractivity contribution in [3.8, 4) is 11.3 Å². The van der Waals surface area contributed by atoms with Crippen LogP contribution in [0, 0.1) is 0 Å². The smallest absolute Gasteiger partial charge is 0.234 e. The van der Waals surface area contributed by atoms with Crippen LogP contribution in [0.5, 0.6) is 0 Å². The number of carbonyl (C=O) groups is 1. The highest BCUT2D eigenvalue weighted by Crippen LogP contribution is 2.50. The summed E-state index contributed by atoms with van der Waals surface area (Å²) in [7, 11) is 0. The second kappa shape index (κ2) is 5.93. The summed E-state index contributed by atoms with van der Waals surface area (Å²) in [6, 6.07) is 11.8. The highest BCUT2D eigenvalue weighted by molar-refractivity contribution is 5.91. The fourth-order valence-corrected chi connectivity index (χ4v) is 4.08. The quantitative estimate of drug-likeness (QED) is 0.848. The minimum Gasteiger partial charge on any atom is -0.356 e. The molecule has 3 fully saturated rings. The molecule has 2 saturated heterocycles. The van der Waals surface area contributed by atoms with Crippen molar-refractivity contribution in [1.82, 2.24) is 10.1 Å². The first-order valence-electron chi connectivity index (χ1n) is 9.31. The molecule has 1 aliphatic carbocycles. The van der Waals surface area contributed by atoms with Crippen molar-refractivity contribution in [3.05, 3.63) is 42.1 Å². The van der Waals surface area contributed by atoms with Gasteiger partial charge in [0.15, 0.2) is 11.5 Å². The Morgan fingerprint density at radius 3 is 2.35 bits per heavy atom. The second-order valence-corrected chi connectivity index (χ2v) is 7.42. The molecule has 6 nitrogen and oxygen atoms in total. The van der Waals surface area contributed by atoms with Crippen LogP contribution in [-0.4, -0.2) is 48.1 Å². The Balaban J connectivity index is 1.32. The Hall–Kier alpha value is -2.18. The van der Waals surface area contributed by atoms with E-state index in [1.54, 1.807) is 0 Å². The first kappa shape index (κ1) is 16.0. The lowest BCUT2D eigenvalue weighted by molar-refractivity contribution is -0.188. The van der Waals surface area contributed by atoms with E-state index in [0.717, 1.165) is 36.9 Å². The molecule has 1 saturated carbocycles. The van der Waals surface area contributed by atoms with Gasteiger partial charge in [0.25, 0.3) is 0 Å². The Bertz CT molecular complexity index is 796. The van der Waals surface area contributed by atoms with E-state index in [2.05, 4.69) is 5.16 Å². The number of amides is 1. The number of nitrogens with zero attached hydrogens (tertiary/aromatic N) is 2. The van der Waals surface area contributed by atoms with Gasteiger partial charge < -0.3 is 18.9 Å². The summed E-state index contributed by atoms with van der Waals surface area (Å²) in [5.74, 6) is 0.422. The summed E-state index contributed by atoms with van der Waals surface area (Å²) in [6.07, 6.45) is 3.15. The lowest BCUT2D eigenvalue weighted by atomic mass is 9.96. The van der Waals surface area contributed by atoms with Gasteiger partial charge in [-0.05, 0) is 12.8 Å². The minimum atomic E-state index is -0.502. The third-order valence-electron chi connectivity index (χ3n) is 5.84. The molecule has 3 aliphatic rings. The van der Waals surface area contributed by atoms with E-state index in [4.69, 9.17) is 14.0 Å². The molecule has 0 unspecified atom stereocenters. The van der Waals surface area contributed by atoms with Gasteiger partial charge in [-0.3, -0.25) is 4.79 Å². The van der Waals surface area contributed by atoms with Crippen LogP contribution < -0.4 is 0 Å². The van der Waals surface area contributed by atoms with Crippen molar-refractivity contribution in [2.75, 3.05) is 26.3 Å². The van der Waals surface area contributed by atoms with Gasteiger partial charge in [-0.1, -0.05) is 35.5 Å². The first-order chi connectivity index (χ1) is 12.7. The number of hydrogen-bond acceptors (Lipinski definition) is 5. The number of hydrogen-bond donors (Lipinski definition) is 0. The van der Waals surface area contributed by atoms with Gasteiger partial charge in [-0.2, -0.15) is 0 Å². The van der Waals surface area contributed by atoms with Crippen LogP contribution in [0.3, 0.4) is 0 Å². The molecule has 26 heavy (non-hydrogen) atoms. The third kappa shape index (κ3) is 2.56. The minimum absolute atomic E-state index is 0.165. The number of piperidine rings is 1. The third-order valence-corrected chi connectivity index (χ3v) is 5.84. The number of carbonyl (C=O) groups excluding carboxylic acids is 1. The normalized spacial score (nSPS) is 23.3. The maximum Gasteiger partial charge on any atom is 0.234 e. The average molecular weight is 354 g/mol. The van der Waals surface area contributed by atoms with E-state index in [1.165, 1.54) is 0 Å². The van der Waals surface area contributed by atoms with Crippen molar-refractivity contribution in [2.24, 2.45) is 0 Å². The summed E-state index contributed by atoms with van der Waals surface area (Å²) < 4.78 is 17.1. The first-order valence-corrected chi connectivity index (χ1v) is 9.31. The average Bonchev–Trinajstić information content (AvgIpc) is 3.13. The number of aromatic nitrogens is 1. The zero-order chi connectivity index (χ0) is 17.6. The molecule has 3 heterocycles. The van der Waals surface area contributed by atoms with E-state index in [1.807, 2.05) is 41.3 Å². The van der Waals surface area contributed by atoms with Gasteiger partial charge in [0.2, 0.25) is 5.91 Å². The summed E-state index contributed by atoms with van der Waals surface area (Å²) >= 11 is 0. The summed E-state index contributed by atoms with van der Waals surface area (Å²) in [5, 5.41) is 4.24. The molecule has 1 aromatic heterocycles. The molecule has 6 heteroatoms. The van der Waals surface area contributed by atoms with Crippen LogP contribution in [0.15, 0.2) is 40.9 Å².